The molecule has 92 heavy (non-hydrogen) atoms. The number of benzene rings is 4. The molecule has 0 aromatic heterocycles. The lowest BCUT2D eigenvalue weighted by atomic mass is 10.0. The maximum atomic E-state index is 15.7. The minimum absolute atomic E-state index is 0.0346. The fourth-order valence-corrected chi connectivity index (χ4v) is 15.1. The van der Waals surface area contributed by atoms with Crippen molar-refractivity contribution in [1.29, 1.82) is 0 Å². The van der Waals surface area contributed by atoms with E-state index in [9.17, 15) is 26.4 Å². The number of fused-ring (bicyclic) bond motifs is 2. The number of carbonyl (C=O) groups excluding carboxylic acids is 2. The molecule has 4 aliphatic rings. The van der Waals surface area contributed by atoms with Crippen LogP contribution in [-0.4, -0.2) is 219 Å². The highest BCUT2D eigenvalue weighted by Crippen LogP contribution is 2.46. The Kier molecular flexibility index (Phi) is 28.3. The van der Waals surface area contributed by atoms with Crippen molar-refractivity contribution < 1.29 is 63.6 Å². The van der Waals surface area contributed by atoms with Crippen molar-refractivity contribution in [3.05, 3.63) is 115 Å². The average molecular weight is 1410 g/mol. The van der Waals surface area contributed by atoms with Gasteiger partial charge in [0.15, 0.2) is 23.1 Å². The van der Waals surface area contributed by atoms with Crippen LogP contribution < -0.4 is 40.2 Å². The van der Waals surface area contributed by atoms with Crippen molar-refractivity contribution in [2.45, 2.75) is 97.5 Å². The van der Waals surface area contributed by atoms with E-state index in [1.54, 1.807) is 12.1 Å². The first-order valence-electron chi connectivity index (χ1n) is 31.1. The summed E-state index contributed by atoms with van der Waals surface area (Å²) in [5, 5.41) is 12.8. The van der Waals surface area contributed by atoms with Gasteiger partial charge in [-0.1, -0.05) is 46.4 Å². The van der Waals surface area contributed by atoms with Crippen LogP contribution in [0.1, 0.15) is 73.0 Å². The number of urea groups is 2. The summed E-state index contributed by atoms with van der Waals surface area (Å²) < 4.78 is 123. The number of nitrogens with one attached hydrogen (secondary N) is 6. The summed E-state index contributed by atoms with van der Waals surface area (Å²) in [5.74, 6) is -1.81. The molecule has 2 fully saturated rings. The highest BCUT2D eigenvalue weighted by atomic mass is 35.5. The Morgan fingerprint density at radius 3 is 1.26 bits per heavy atom. The molecule has 2 heterocycles. The number of amides is 4. The van der Waals surface area contributed by atoms with E-state index in [2.05, 4.69) is 78.5 Å². The lowest BCUT2D eigenvalue weighted by Gasteiger charge is -2.41. The Bertz CT molecular complexity index is 3120. The SMILES string of the molecule is CN(C)[C@@H]1CCCN([C@H]2Cc3c(Cl)cc(Cl)cc3[C@@H]2Oc2ccc(S(=O)(=O)NCCOCCOCCNC(=O)NCCCCNC(=O)NCCOCCOCCNS(=O)(=O)c3ccc(O[C@H]4c5cc(Cl)cc(Cl)c5C[C@@H]4N4CCC[C@@H](N(C)C)C4)c(F)c3)cc2F)C1. The van der Waals surface area contributed by atoms with Gasteiger partial charge in [0.1, 0.15) is 12.2 Å². The van der Waals surface area contributed by atoms with E-state index in [1.807, 2.05) is 12.1 Å². The van der Waals surface area contributed by atoms with Gasteiger partial charge < -0.3 is 59.5 Å². The van der Waals surface area contributed by atoms with Gasteiger partial charge in [-0.15, -0.1) is 0 Å². The summed E-state index contributed by atoms with van der Waals surface area (Å²) in [5.41, 5.74) is 3.39. The van der Waals surface area contributed by atoms with Crippen LogP contribution in [0.15, 0.2) is 70.5 Å². The van der Waals surface area contributed by atoms with Crippen molar-refractivity contribution >= 4 is 78.5 Å². The summed E-state index contributed by atoms with van der Waals surface area (Å²) in [4.78, 5) is 33.0. The Balaban J connectivity index is 0.599. The van der Waals surface area contributed by atoms with E-state index in [0.29, 0.717) is 70.9 Å². The third-order valence-corrected chi connectivity index (χ3v) is 20.8. The minimum Gasteiger partial charge on any atom is -0.481 e. The number of carbonyl (C=O) groups is 2. The van der Waals surface area contributed by atoms with E-state index >= 15 is 8.78 Å². The van der Waals surface area contributed by atoms with Crippen LogP contribution in [0.25, 0.3) is 0 Å². The number of likely N-dealkylation sites (tertiary alicyclic amines) is 2. The molecule has 6 atom stereocenters. The predicted octanol–water partition coefficient (Wildman–Crippen LogP) is 7.42. The van der Waals surface area contributed by atoms with Crippen molar-refractivity contribution in [2.24, 2.45) is 0 Å². The molecule has 2 aliphatic heterocycles. The van der Waals surface area contributed by atoms with E-state index in [4.69, 9.17) is 74.8 Å². The molecule has 0 unspecified atom stereocenters. The van der Waals surface area contributed by atoms with Crippen LogP contribution >= 0.6 is 46.4 Å². The fourth-order valence-electron chi connectivity index (χ4n) is 11.9. The quantitative estimate of drug-likeness (QED) is 0.0246. The second kappa shape index (κ2) is 35.5. The van der Waals surface area contributed by atoms with Gasteiger partial charge in [-0.3, -0.25) is 9.80 Å². The van der Waals surface area contributed by atoms with E-state index in [-0.39, 0.29) is 124 Å². The number of unbranched alkanes of at least 4 members (excludes halogenated alkanes) is 1. The molecule has 2 saturated heterocycles. The van der Waals surface area contributed by atoms with Gasteiger partial charge in [-0.25, -0.2) is 44.6 Å². The van der Waals surface area contributed by atoms with E-state index in [0.717, 1.165) is 86.2 Å². The van der Waals surface area contributed by atoms with Crippen molar-refractivity contribution in [3.63, 3.8) is 0 Å². The standard InChI is InChI=1S/C62H86Cl4F2N10O12S2/c1-75(2)43-9-7-21-77(39-43)55-37-47-49(31-41(63)33-51(47)65)59(55)89-57-13-11-45(35-53(57)67)91(81,82)73-19-25-87-29-27-85-23-17-71-61(79)69-15-5-6-16-70-62(80)72-18-24-86-28-30-88-26-20-74-92(83,84)46-12-14-58(54(68)36-46)90-60-50-32-42(64)34-52(66)48(50)38-56(60)78-22-8-10-44(40-78)76(3)4/h11-14,31-36,43-44,55-56,59-60,73-74H,5-10,15-30,37-40H2,1-4H3,(H2,69,71,79)(H2,70,72,80)/t43-,44-,55+,56+,59+,60+/m1/s1. The lowest BCUT2D eigenvalue weighted by Crippen LogP contribution is -2.51. The Morgan fingerprint density at radius 1 is 0.522 bits per heavy atom. The maximum absolute atomic E-state index is 15.7. The minimum atomic E-state index is -4.08. The lowest BCUT2D eigenvalue weighted by molar-refractivity contribution is 0.0365. The molecule has 4 aromatic carbocycles. The molecule has 0 bridgehead atoms. The smallest absolute Gasteiger partial charge is 0.314 e. The largest absolute Gasteiger partial charge is 0.481 e. The van der Waals surface area contributed by atoms with Gasteiger partial charge in [0.05, 0.1) is 74.7 Å². The zero-order valence-corrected chi connectivity index (χ0v) is 57.1. The number of sulfonamides is 2. The molecule has 0 radical (unpaired) electrons. The maximum Gasteiger partial charge on any atom is 0.314 e. The zero-order valence-electron chi connectivity index (χ0n) is 52.4. The van der Waals surface area contributed by atoms with E-state index < -0.39 is 43.9 Å². The molecule has 8 rings (SSSR count). The number of likely N-dealkylation sites (N-methyl/N-ethyl adjacent to an activating group) is 2. The molecule has 0 saturated carbocycles. The molecule has 30 heteroatoms. The number of piperidine rings is 2. The average Bonchev–Trinajstić information content (AvgIpc) is 1.62. The van der Waals surface area contributed by atoms with Crippen LogP contribution in [0.5, 0.6) is 11.5 Å². The fraction of sp³-hybridized carbons (Fsp3) is 0.581. The van der Waals surface area contributed by atoms with Crippen LogP contribution in [0, 0.1) is 11.6 Å². The molecule has 0 spiro atoms. The predicted molar refractivity (Wildman–Crippen MR) is 350 cm³/mol. The normalized spacial score (nSPS) is 20.3. The number of nitrogens with zero attached hydrogens (tertiary/aromatic N) is 4. The van der Waals surface area contributed by atoms with Gasteiger partial charge in [-0.2, -0.15) is 0 Å². The highest BCUT2D eigenvalue weighted by molar-refractivity contribution is 7.89. The third kappa shape index (κ3) is 21.0. The van der Waals surface area contributed by atoms with Gasteiger partial charge >= 0.3 is 12.1 Å². The zero-order chi connectivity index (χ0) is 66.0. The topological polar surface area (TPSA) is 243 Å². The summed E-state index contributed by atoms with van der Waals surface area (Å²) in [6.07, 6.45) is 5.43. The summed E-state index contributed by atoms with van der Waals surface area (Å²) in [6, 6.07) is 13.9. The van der Waals surface area contributed by atoms with Crippen molar-refractivity contribution in [3.8, 4) is 11.5 Å². The third-order valence-electron chi connectivity index (χ3n) is 16.8. The summed E-state index contributed by atoms with van der Waals surface area (Å²) in [7, 11) is 0.0880. The van der Waals surface area contributed by atoms with Crippen LogP contribution in [-0.2, 0) is 51.8 Å². The van der Waals surface area contributed by atoms with Gasteiger partial charge in [0, 0.05) is 95.7 Å². The number of hydrogen-bond donors (Lipinski definition) is 6. The number of rotatable bonds is 35. The first-order chi connectivity index (χ1) is 44.1. The van der Waals surface area contributed by atoms with E-state index in [1.165, 1.54) is 24.3 Å². The number of hydrogen-bond acceptors (Lipinski definition) is 16. The molecule has 510 valence electrons. The number of halogens is 6. The molecule has 4 amide bonds. The van der Waals surface area contributed by atoms with Gasteiger partial charge in [-0.05, 0) is 164 Å². The van der Waals surface area contributed by atoms with Crippen LogP contribution in [0.3, 0.4) is 0 Å². The van der Waals surface area contributed by atoms with Crippen molar-refractivity contribution in [2.75, 3.05) is 146 Å². The van der Waals surface area contributed by atoms with Gasteiger partial charge in [0.2, 0.25) is 20.0 Å². The van der Waals surface area contributed by atoms with Gasteiger partial charge in [0.25, 0.3) is 0 Å². The van der Waals surface area contributed by atoms with Crippen molar-refractivity contribution in [1.82, 2.24) is 50.3 Å². The van der Waals surface area contributed by atoms with Crippen LogP contribution in [0.2, 0.25) is 20.1 Å². The molecule has 6 N–H and O–H groups in total. The second-order valence-electron chi connectivity index (χ2n) is 23.5. The Hall–Kier alpha value is -4.46. The first kappa shape index (κ1) is 73.4. The Morgan fingerprint density at radius 2 is 0.891 bits per heavy atom. The monoisotopic (exact) mass is 1400 g/mol. The number of ether oxygens (including phenoxy) is 6. The molecule has 2 aliphatic carbocycles. The second-order valence-corrected chi connectivity index (χ2v) is 28.8. The van der Waals surface area contributed by atoms with Crippen LogP contribution in [0.4, 0.5) is 18.4 Å². The summed E-state index contributed by atoms with van der Waals surface area (Å²) in [6.45, 7) is 5.69. The molecular weight excluding hydrogens is 1320 g/mol. The summed E-state index contributed by atoms with van der Waals surface area (Å²) >= 11 is 26.1. The molecule has 22 nitrogen and oxygen atoms in total. The highest BCUT2D eigenvalue weighted by Gasteiger charge is 2.43. The first-order valence-corrected chi connectivity index (χ1v) is 35.6. The molecular formula is C62H86Cl4F2N10O12S2. The Labute approximate surface area is 559 Å². The molecule has 4 aromatic rings.